The molecule has 0 radical (unpaired) electrons. The van der Waals surface area contributed by atoms with Gasteiger partial charge in [0.2, 0.25) is 5.91 Å². The van der Waals surface area contributed by atoms with Crippen molar-refractivity contribution in [2.24, 2.45) is 0 Å². The molecular weight excluding hydrogens is 128 g/mol. The lowest BCUT2D eigenvalue weighted by molar-refractivity contribution is -0.121. The first-order valence-electron chi connectivity index (χ1n) is 3.92. The van der Waals surface area contributed by atoms with Crippen LogP contribution >= 0.6 is 0 Å². The van der Waals surface area contributed by atoms with Crippen molar-refractivity contribution in [3.05, 3.63) is 0 Å². The highest BCUT2D eigenvalue weighted by Gasteiger charge is 2.31. The molecule has 1 unspecified atom stereocenters. The molecule has 2 fully saturated rings. The van der Waals surface area contributed by atoms with E-state index < -0.39 is 0 Å². The van der Waals surface area contributed by atoms with Crippen LogP contribution in [0.4, 0.5) is 0 Å². The van der Waals surface area contributed by atoms with Gasteiger partial charge in [-0.3, -0.25) is 10.2 Å². The standard InChI is InChI=1S/C7H12N2O/c10-7-5-6-3-1-2-4-9(6)8-7/h6H,1-5H2,(H,8,10). The first kappa shape index (κ1) is 6.16. The van der Waals surface area contributed by atoms with Crippen molar-refractivity contribution in [1.82, 2.24) is 10.4 Å². The van der Waals surface area contributed by atoms with Crippen LogP contribution in [-0.4, -0.2) is 23.5 Å². The number of nitrogens with zero attached hydrogens (tertiary/aromatic N) is 1. The van der Waals surface area contributed by atoms with Gasteiger partial charge in [-0.2, -0.15) is 0 Å². The summed E-state index contributed by atoms with van der Waals surface area (Å²) in [5.74, 6) is 0.201. The average molecular weight is 140 g/mol. The van der Waals surface area contributed by atoms with Crippen LogP contribution in [0.25, 0.3) is 0 Å². The van der Waals surface area contributed by atoms with Crippen LogP contribution in [0, 0.1) is 0 Å². The Labute approximate surface area is 60.4 Å². The first-order chi connectivity index (χ1) is 4.86. The fourth-order valence-electron chi connectivity index (χ4n) is 1.78. The minimum atomic E-state index is 0.201. The summed E-state index contributed by atoms with van der Waals surface area (Å²) in [5.41, 5.74) is 2.85. The number of carbonyl (C=O) groups excluding carboxylic acids is 1. The topological polar surface area (TPSA) is 32.3 Å². The molecule has 0 bridgehead atoms. The summed E-state index contributed by atoms with van der Waals surface area (Å²) in [6.07, 6.45) is 4.44. The predicted molar refractivity (Wildman–Crippen MR) is 37.1 cm³/mol. The lowest BCUT2D eigenvalue weighted by Crippen LogP contribution is -2.41. The van der Waals surface area contributed by atoms with Crippen molar-refractivity contribution >= 4 is 5.91 Å². The van der Waals surface area contributed by atoms with Crippen molar-refractivity contribution in [2.45, 2.75) is 31.7 Å². The van der Waals surface area contributed by atoms with Crippen molar-refractivity contribution in [1.29, 1.82) is 0 Å². The molecular formula is C7H12N2O. The van der Waals surface area contributed by atoms with Crippen LogP contribution in [-0.2, 0) is 4.79 Å². The Morgan fingerprint density at radius 1 is 1.50 bits per heavy atom. The van der Waals surface area contributed by atoms with Crippen molar-refractivity contribution in [2.75, 3.05) is 6.54 Å². The molecule has 0 aromatic rings. The normalized spacial score (nSPS) is 33.6. The van der Waals surface area contributed by atoms with Gasteiger partial charge in [0.25, 0.3) is 0 Å². The number of carbonyl (C=O) groups is 1. The van der Waals surface area contributed by atoms with Crippen molar-refractivity contribution in [3.8, 4) is 0 Å². The summed E-state index contributed by atoms with van der Waals surface area (Å²) < 4.78 is 0. The summed E-state index contributed by atoms with van der Waals surface area (Å²) in [7, 11) is 0. The number of rotatable bonds is 0. The van der Waals surface area contributed by atoms with Gasteiger partial charge < -0.3 is 0 Å². The smallest absolute Gasteiger partial charge is 0.235 e. The summed E-state index contributed by atoms with van der Waals surface area (Å²) in [6, 6.07) is 0.515. The van der Waals surface area contributed by atoms with Gasteiger partial charge in [0.15, 0.2) is 0 Å². The Morgan fingerprint density at radius 2 is 2.40 bits per heavy atom. The highest BCUT2D eigenvalue weighted by atomic mass is 16.2. The van der Waals surface area contributed by atoms with Crippen molar-refractivity contribution in [3.63, 3.8) is 0 Å². The molecule has 0 saturated carbocycles. The van der Waals surface area contributed by atoms with Crippen LogP contribution in [0.2, 0.25) is 0 Å². The third-order valence-corrected chi connectivity index (χ3v) is 2.32. The van der Waals surface area contributed by atoms with Crippen LogP contribution in [0.1, 0.15) is 25.7 Å². The molecule has 2 saturated heterocycles. The zero-order chi connectivity index (χ0) is 6.97. The minimum Gasteiger partial charge on any atom is -0.289 e. The quantitative estimate of drug-likeness (QED) is 0.524. The van der Waals surface area contributed by atoms with Gasteiger partial charge in [-0.05, 0) is 12.8 Å². The van der Waals surface area contributed by atoms with E-state index in [0.717, 1.165) is 13.0 Å². The Balaban J connectivity index is 2.04. The van der Waals surface area contributed by atoms with E-state index in [-0.39, 0.29) is 5.91 Å². The molecule has 0 aromatic heterocycles. The van der Waals surface area contributed by atoms with Gasteiger partial charge in [0.05, 0.1) is 0 Å². The van der Waals surface area contributed by atoms with Crippen LogP contribution in [0.3, 0.4) is 0 Å². The molecule has 1 atom stereocenters. The Kier molecular flexibility index (Phi) is 1.38. The Hall–Kier alpha value is -0.570. The van der Waals surface area contributed by atoms with Gasteiger partial charge >= 0.3 is 0 Å². The Bertz CT molecular complexity index is 142. The van der Waals surface area contributed by atoms with Gasteiger partial charge in [-0.15, -0.1) is 0 Å². The molecule has 0 aliphatic carbocycles. The number of hydrazine groups is 1. The lowest BCUT2D eigenvalue weighted by atomic mass is 10.0. The first-order valence-corrected chi connectivity index (χ1v) is 3.92. The number of hydrogen-bond acceptors (Lipinski definition) is 2. The van der Waals surface area contributed by atoms with E-state index in [0.29, 0.717) is 6.04 Å². The molecule has 3 nitrogen and oxygen atoms in total. The second-order valence-corrected chi connectivity index (χ2v) is 3.08. The van der Waals surface area contributed by atoms with Crippen LogP contribution in [0.15, 0.2) is 0 Å². The zero-order valence-electron chi connectivity index (χ0n) is 5.97. The molecule has 2 aliphatic heterocycles. The number of fused-ring (bicyclic) bond motifs is 1. The molecule has 3 heteroatoms. The monoisotopic (exact) mass is 140 g/mol. The van der Waals surface area contributed by atoms with Gasteiger partial charge in [0.1, 0.15) is 0 Å². The number of amides is 1. The second kappa shape index (κ2) is 2.23. The van der Waals surface area contributed by atoms with E-state index in [9.17, 15) is 4.79 Å². The SMILES string of the molecule is O=C1CC2CCCCN2N1. The predicted octanol–water partition coefficient (Wildman–Crippen LogP) is 0.276. The van der Waals surface area contributed by atoms with E-state index in [4.69, 9.17) is 0 Å². The number of hydrogen-bond donors (Lipinski definition) is 1. The van der Waals surface area contributed by atoms with E-state index in [2.05, 4.69) is 10.4 Å². The maximum absolute atomic E-state index is 10.9. The zero-order valence-corrected chi connectivity index (χ0v) is 5.97. The molecule has 56 valence electrons. The van der Waals surface area contributed by atoms with E-state index in [1.165, 1.54) is 19.3 Å². The van der Waals surface area contributed by atoms with Crippen LogP contribution in [0.5, 0.6) is 0 Å². The fraction of sp³-hybridized carbons (Fsp3) is 0.857. The molecule has 10 heavy (non-hydrogen) atoms. The molecule has 2 heterocycles. The summed E-state index contributed by atoms with van der Waals surface area (Å²) in [4.78, 5) is 10.9. The number of nitrogens with one attached hydrogen (secondary N) is 1. The summed E-state index contributed by atoms with van der Waals surface area (Å²) in [6.45, 7) is 1.05. The highest BCUT2D eigenvalue weighted by molar-refractivity contribution is 5.78. The Morgan fingerprint density at radius 3 is 3.20 bits per heavy atom. The molecule has 0 spiro atoms. The van der Waals surface area contributed by atoms with E-state index in [1.54, 1.807) is 0 Å². The highest BCUT2D eigenvalue weighted by Crippen LogP contribution is 2.21. The maximum atomic E-state index is 10.9. The average Bonchev–Trinajstić information content (AvgIpc) is 2.27. The maximum Gasteiger partial charge on any atom is 0.235 e. The van der Waals surface area contributed by atoms with Crippen LogP contribution < -0.4 is 5.43 Å². The fourth-order valence-corrected chi connectivity index (χ4v) is 1.78. The second-order valence-electron chi connectivity index (χ2n) is 3.08. The lowest BCUT2D eigenvalue weighted by Gasteiger charge is -2.27. The van der Waals surface area contributed by atoms with Crippen molar-refractivity contribution < 1.29 is 4.79 Å². The number of piperidine rings is 1. The van der Waals surface area contributed by atoms with Gasteiger partial charge in [-0.1, -0.05) is 6.42 Å². The summed E-state index contributed by atoms with van der Waals surface area (Å²) >= 11 is 0. The van der Waals surface area contributed by atoms with Gasteiger partial charge in [-0.25, -0.2) is 5.01 Å². The van der Waals surface area contributed by atoms with E-state index >= 15 is 0 Å². The molecule has 1 N–H and O–H groups in total. The van der Waals surface area contributed by atoms with E-state index in [1.807, 2.05) is 0 Å². The molecule has 0 aromatic carbocycles. The minimum absolute atomic E-state index is 0.201. The molecule has 2 aliphatic rings. The van der Waals surface area contributed by atoms with Gasteiger partial charge in [0, 0.05) is 19.0 Å². The summed E-state index contributed by atoms with van der Waals surface area (Å²) in [5, 5.41) is 2.09. The largest absolute Gasteiger partial charge is 0.289 e. The molecule has 2 rings (SSSR count). The third kappa shape index (κ3) is 0.904. The molecule has 1 amide bonds. The third-order valence-electron chi connectivity index (χ3n) is 2.32.